The van der Waals surface area contributed by atoms with Crippen molar-refractivity contribution in [2.45, 2.75) is 44.3 Å². The minimum atomic E-state index is 0.368. The average Bonchev–Trinajstić information content (AvgIpc) is 2.79. The molecule has 2 rings (SSSR count). The zero-order valence-corrected chi connectivity index (χ0v) is 11.3. The molecule has 0 spiro atoms. The van der Waals surface area contributed by atoms with E-state index in [1.807, 2.05) is 23.9 Å². The van der Waals surface area contributed by atoms with Crippen molar-refractivity contribution >= 4 is 17.5 Å². The lowest BCUT2D eigenvalue weighted by Crippen LogP contribution is -2.09. The predicted molar refractivity (Wildman–Crippen MR) is 74.6 cm³/mol. The average molecular weight is 248 g/mol. The van der Waals surface area contributed by atoms with E-state index in [4.69, 9.17) is 0 Å². The molecular formula is C15H20OS. The Hall–Kier alpha value is -0.760. The Balaban J connectivity index is 1.76. The summed E-state index contributed by atoms with van der Waals surface area (Å²) in [5.74, 6) is 1.06. The van der Waals surface area contributed by atoms with Crippen molar-refractivity contribution in [2.75, 3.05) is 5.75 Å². The van der Waals surface area contributed by atoms with Gasteiger partial charge in [0.05, 0.1) is 5.75 Å². The fraction of sp³-hybridized carbons (Fsp3) is 0.533. The molecule has 1 saturated carbocycles. The van der Waals surface area contributed by atoms with E-state index in [2.05, 4.69) is 19.1 Å². The molecule has 1 aliphatic carbocycles. The molecule has 0 saturated heterocycles. The lowest BCUT2D eigenvalue weighted by molar-refractivity contribution is -0.116. The molecule has 17 heavy (non-hydrogen) atoms. The van der Waals surface area contributed by atoms with Gasteiger partial charge in [-0.2, -0.15) is 11.8 Å². The maximum absolute atomic E-state index is 11.9. The van der Waals surface area contributed by atoms with Crippen molar-refractivity contribution in [3.8, 4) is 0 Å². The minimum Gasteiger partial charge on any atom is -0.298 e. The highest BCUT2D eigenvalue weighted by Gasteiger charge is 2.16. The van der Waals surface area contributed by atoms with E-state index >= 15 is 0 Å². The predicted octanol–water partition coefficient (Wildman–Crippen LogP) is 3.78. The number of Topliss-reactive ketones (excluding diaryl/α,β-unsaturated/α-hetero) is 1. The molecular weight excluding hydrogens is 228 g/mol. The lowest BCUT2D eigenvalue weighted by atomic mass is 10.1. The van der Waals surface area contributed by atoms with Gasteiger partial charge in [-0.3, -0.25) is 4.79 Å². The third-order valence-electron chi connectivity index (χ3n) is 3.27. The molecule has 0 amide bonds. The quantitative estimate of drug-likeness (QED) is 0.788. The van der Waals surface area contributed by atoms with Gasteiger partial charge in [0.2, 0.25) is 0 Å². The van der Waals surface area contributed by atoms with Gasteiger partial charge in [-0.05, 0) is 25.3 Å². The highest BCUT2D eigenvalue weighted by Crippen LogP contribution is 2.29. The standard InChI is InChI=1S/C15H20OS/c1-12-5-4-6-13(9-12)10-14(16)11-17-15-7-2-3-8-15/h4-6,9,15H,2-3,7-8,10-11H2,1H3. The van der Waals surface area contributed by atoms with Crippen LogP contribution in [0.2, 0.25) is 0 Å². The van der Waals surface area contributed by atoms with Crippen LogP contribution in [-0.2, 0) is 11.2 Å². The Morgan fingerprint density at radius 2 is 2.12 bits per heavy atom. The van der Waals surface area contributed by atoms with E-state index in [1.54, 1.807) is 0 Å². The van der Waals surface area contributed by atoms with Crippen molar-refractivity contribution in [3.63, 3.8) is 0 Å². The molecule has 0 radical (unpaired) electrons. The van der Waals surface area contributed by atoms with Gasteiger partial charge in [-0.25, -0.2) is 0 Å². The first kappa shape index (κ1) is 12.7. The van der Waals surface area contributed by atoms with Crippen LogP contribution in [0.4, 0.5) is 0 Å². The second-order valence-corrected chi connectivity index (χ2v) is 6.21. The second-order valence-electron chi connectivity index (χ2n) is 4.92. The molecule has 92 valence electrons. The molecule has 1 nitrogen and oxygen atoms in total. The monoisotopic (exact) mass is 248 g/mol. The highest BCUT2D eigenvalue weighted by molar-refractivity contribution is 8.00. The van der Waals surface area contributed by atoms with Crippen LogP contribution in [0.15, 0.2) is 24.3 Å². The van der Waals surface area contributed by atoms with Crippen LogP contribution in [0.3, 0.4) is 0 Å². The van der Waals surface area contributed by atoms with Gasteiger partial charge in [-0.1, -0.05) is 42.7 Å². The molecule has 1 aromatic carbocycles. The summed E-state index contributed by atoms with van der Waals surface area (Å²) >= 11 is 1.87. The van der Waals surface area contributed by atoms with Gasteiger partial charge >= 0.3 is 0 Å². The molecule has 0 aliphatic heterocycles. The first-order valence-electron chi connectivity index (χ1n) is 6.43. The lowest BCUT2D eigenvalue weighted by Gasteiger charge is -2.07. The third kappa shape index (κ3) is 4.19. The molecule has 0 bridgehead atoms. The summed E-state index contributed by atoms with van der Waals surface area (Å²) in [5, 5.41) is 0.747. The Morgan fingerprint density at radius 1 is 1.35 bits per heavy atom. The molecule has 1 aromatic rings. The fourth-order valence-corrected chi connectivity index (χ4v) is 3.56. The van der Waals surface area contributed by atoms with E-state index in [1.165, 1.54) is 31.2 Å². The van der Waals surface area contributed by atoms with Crippen LogP contribution in [0, 0.1) is 6.92 Å². The van der Waals surface area contributed by atoms with E-state index in [0.717, 1.165) is 10.8 Å². The molecule has 1 fully saturated rings. The Labute approximate surface area is 108 Å². The third-order valence-corrected chi connectivity index (χ3v) is 4.70. The first-order valence-corrected chi connectivity index (χ1v) is 7.48. The molecule has 1 aliphatic rings. The number of hydrogen-bond donors (Lipinski definition) is 0. The zero-order valence-electron chi connectivity index (χ0n) is 10.4. The summed E-state index contributed by atoms with van der Waals surface area (Å²) in [5.41, 5.74) is 2.39. The SMILES string of the molecule is Cc1cccc(CC(=O)CSC2CCCC2)c1. The summed E-state index contributed by atoms with van der Waals surface area (Å²) in [6.45, 7) is 2.07. The minimum absolute atomic E-state index is 0.368. The van der Waals surface area contributed by atoms with Gasteiger partial charge in [0, 0.05) is 11.7 Å². The number of thioether (sulfide) groups is 1. The van der Waals surface area contributed by atoms with Crippen LogP contribution >= 0.6 is 11.8 Å². The van der Waals surface area contributed by atoms with Crippen LogP contribution < -0.4 is 0 Å². The first-order chi connectivity index (χ1) is 8.24. The van der Waals surface area contributed by atoms with Gasteiger partial charge < -0.3 is 0 Å². The summed E-state index contributed by atoms with van der Waals surface area (Å²) in [7, 11) is 0. The molecule has 0 N–H and O–H groups in total. The topological polar surface area (TPSA) is 17.1 Å². The number of carbonyl (C=O) groups excluding carboxylic acids is 1. The largest absolute Gasteiger partial charge is 0.298 e. The van der Waals surface area contributed by atoms with Crippen molar-refractivity contribution in [3.05, 3.63) is 35.4 Å². The van der Waals surface area contributed by atoms with E-state index < -0.39 is 0 Å². The van der Waals surface area contributed by atoms with E-state index in [-0.39, 0.29) is 0 Å². The summed E-state index contributed by atoms with van der Waals surface area (Å²) in [6, 6.07) is 8.26. The smallest absolute Gasteiger partial charge is 0.147 e. The second kappa shape index (κ2) is 6.25. The van der Waals surface area contributed by atoms with Gasteiger partial charge in [-0.15, -0.1) is 0 Å². The maximum Gasteiger partial charge on any atom is 0.147 e. The zero-order chi connectivity index (χ0) is 12.1. The van der Waals surface area contributed by atoms with Crippen LogP contribution in [-0.4, -0.2) is 16.8 Å². The molecule has 0 aromatic heterocycles. The Morgan fingerprint density at radius 3 is 2.82 bits per heavy atom. The van der Waals surface area contributed by atoms with E-state index in [9.17, 15) is 4.79 Å². The Kier molecular flexibility index (Phi) is 4.66. The summed E-state index contributed by atoms with van der Waals surface area (Å²) in [6.07, 6.45) is 5.92. The number of benzene rings is 1. The van der Waals surface area contributed by atoms with Crippen LogP contribution in [0.25, 0.3) is 0 Å². The number of rotatable bonds is 5. The van der Waals surface area contributed by atoms with Crippen molar-refractivity contribution in [1.82, 2.24) is 0 Å². The molecule has 0 heterocycles. The summed E-state index contributed by atoms with van der Waals surface area (Å²) < 4.78 is 0. The van der Waals surface area contributed by atoms with Crippen LogP contribution in [0.1, 0.15) is 36.8 Å². The van der Waals surface area contributed by atoms with Gasteiger partial charge in [0.15, 0.2) is 0 Å². The number of ketones is 1. The number of hydrogen-bond acceptors (Lipinski definition) is 2. The normalized spacial score (nSPS) is 16.3. The highest BCUT2D eigenvalue weighted by atomic mass is 32.2. The maximum atomic E-state index is 11.9. The van der Waals surface area contributed by atoms with Crippen molar-refractivity contribution < 1.29 is 4.79 Å². The van der Waals surface area contributed by atoms with Crippen molar-refractivity contribution in [2.24, 2.45) is 0 Å². The van der Waals surface area contributed by atoms with Crippen molar-refractivity contribution in [1.29, 1.82) is 0 Å². The number of aryl methyl sites for hydroxylation is 1. The van der Waals surface area contributed by atoms with Crippen LogP contribution in [0.5, 0.6) is 0 Å². The molecule has 0 unspecified atom stereocenters. The molecule has 2 heteroatoms. The fourth-order valence-electron chi connectivity index (χ4n) is 2.37. The van der Waals surface area contributed by atoms with E-state index in [0.29, 0.717) is 18.0 Å². The summed E-state index contributed by atoms with van der Waals surface area (Å²) in [4.78, 5) is 11.9. The Bertz CT molecular complexity index is 380. The number of carbonyl (C=O) groups is 1. The molecule has 0 atom stereocenters. The van der Waals surface area contributed by atoms with Gasteiger partial charge in [0.1, 0.15) is 5.78 Å². The van der Waals surface area contributed by atoms with Gasteiger partial charge in [0.25, 0.3) is 0 Å².